The third kappa shape index (κ3) is 3.02. The van der Waals surface area contributed by atoms with Crippen molar-refractivity contribution in [2.45, 2.75) is 0 Å². The molecular formula is C21H15ClN2O. The molecule has 1 amide bonds. The zero-order valence-electron chi connectivity index (χ0n) is 13.3. The molecule has 4 rings (SSSR count). The van der Waals surface area contributed by atoms with Crippen LogP contribution in [-0.4, -0.2) is 5.91 Å². The van der Waals surface area contributed by atoms with Gasteiger partial charge in [0.25, 0.3) is 5.91 Å². The molecule has 0 radical (unpaired) electrons. The second-order valence-electron chi connectivity index (χ2n) is 5.75. The van der Waals surface area contributed by atoms with E-state index >= 15 is 0 Å². The number of hydrogen-bond donors (Lipinski definition) is 2. The second-order valence-corrected chi connectivity index (χ2v) is 6.19. The Bertz CT molecular complexity index is 966. The zero-order chi connectivity index (χ0) is 17.2. The Balaban J connectivity index is 1.91. The number of amides is 1. The zero-order valence-corrected chi connectivity index (χ0v) is 14.0. The number of anilines is 2. The SMILES string of the molecule is O=C1Nc2cc(Cl)ccc2C1=C(Nc1ccccc1)c1ccccc1. The average Bonchev–Trinajstić information content (AvgIpc) is 2.96. The number of para-hydroxylation sites is 1. The van der Waals surface area contributed by atoms with Crippen LogP contribution in [0.5, 0.6) is 0 Å². The van der Waals surface area contributed by atoms with E-state index in [1.165, 1.54) is 0 Å². The number of fused-ring (bicyclic) bond motifs is 1. The fourth-order valence-electron chi connectivity index (χ4n) is 2.94. The normalized spacial score (nSPS) is 14.7. The van der Waals surface area contributed by atoms with Gasteiger partial charge in [0.05, 0.1) is 17.0 Å². The Labute approximate surface area is 151 Å². The van der Waals surface area contributed by atoms with E-state index in [2.05, 4.69) is 10.6 Å². The average molecular weight is 347 g/mol. The molecule has 3 aromatic carbocycles. The number of carbonyl (C=O) groups excluding carboxylic acids is 1. The van der Waals surface area contributed by atoms with Gasteiger partial charge in [0.2, 0.25) is 0 Å². The molecule has 1 heterocycles. The van der Waals surface area contributed by atoms with E-state index < -0.39 is 0 Å². The van der Waals surface area contributed by atoms with Crippen LogP contribution in [0, 0.1) is 0 Å². The van der Waals surface area contributed by atoms with Gasteiger partial charge in [-0.25, -0.2) is 0 Å². The van der Waals surface area contributed by atoms with E-state index in [1.54, 1.807) is 12.1 Å². The third-order valence-corrected chi connectivity index (χ3v) is 4.32. The lowest BCUT2D eigenvalue weighted by atomic mass is 10.00. The van der Waals surface area contributed by atoms with Gasteiger partial charge < -0.3 is 10.6 Å². The number of nitrogens with one attached hydrogen (secondary N) is 2. The van der Waals surface area contributed by atoms with Gasteiger partial charge in [0, 0.05) is 16.3 Å². The van der Waals surface area contributed by atoms with E-state index in [-0.39, 0.29) is 5.91 Å². The molecule has 122 valence electrons. The molecule has 0 aliphatic carbocycles. The number of benzene rings is 3. The predicted octanol–water partition coefficient (Wildman–Crippen LogP) is 5.27. The molecule has 0 spiro atoms. The molecule has 2 N–H and O–H groups in total. The van der Waals surface area contributed by atoms with Crippen LogP contribution in [0.4, 0.5) is 11.4 Å². The second kappa shape index (κ2) is 6.46. The minimum Gasteiger partial charge on any atom is -0.354 e. The lowest BCUT2D eigenvalue weighted by Gasteiger charge is -2.14. The minimum absolute atomic E-state index is 0.139. The topological polar surface area (TPSA) is 41.1 Å². The van der Waals surface area contributed by atoms with Crippen molar-refractivity contribution in [2.75, 3.05) is 10.6 Å². The van der Waals surface area contributed by atoms with Gasteiger partial charge in [-0.05, 0) is 29.8 Å². The Morgan fingerprint density at radius 3 is 2.28 bits per heavy atom. The number of hydrogen-bond acceptors (Lipinski definition) is 2. The summed E-state index contributed by atoms with van der Waals surface area (Å²) in [7, 11) is 0. The predicted molar refractivity (Wildman–Crippen MR) is 103 cm³/mol. The van der Waals surface area contributed by atoms with Crippen molar-refractivity contribution in [3.63, 3.8) is 0 Å². The van der Waals surface area contributed by atoms with Gasteiger partial charge in [0.1, 0.15) is 0 Å². The summed E-state index contributed by atoms with van der Waals surface area (Å²) >= 11 is 6.06. The molecule has 0 fully saturated rings. The van der Waals surface area contributed by atoms with Crippen molar-refractivity contribution in [1.29, 1.82) is 0 Å². The van der Waals surface area contributed by atoms with Crippen molar-refractivity contribution in [3.05, 3.63) is 95.0 Å². The van der Waals surface area contributed by atoms with E-state index in [4.69, 9.17) is 11.6 Å². The number of halogens is 1. The van der Waals surface area contributed by atoms with Gasteiger partial charge in [0.15, 0.2) is 0 Å². The van der Waals surface area contributed by atoms with Crippen LogP contribution in [0.1, 0.15) is 11.1 Å². The molecule has 3 aromatic rings. The fourth-order valence-corrected chi connectivity index (χ4v) is 3.11. The molecule has 4 heteroatoms. The molecule has 0 saturated heterocycles. The monoisotopic (exact) mass is 346 g/mol. The van der Waals surface area contributed by atoms with Crippen LogP contribution in [-0.2, 0) is 4.79 Å². The summed E-state index contributed by atoms with van der Waals surface area (Å²) in [5.41, 5.74) is 4.82. The van der Waals surface area contributed by atoms with Crippen molar-refractivity contribution < 1.29 is 4.79 Å². The Hall–Kier alpha value is -3.04. The van der Waals surface area contributed by atoms with E-state index in [9.17, 15) is 4.79 Å². The Morgan fingerprint density at radius 2 is 1.56 bits per heavy atom. The van der Waals surface area contributed by atoms with E-state index in [0.717, 1.165) is 28.2 Å². The van der Waals surface area contributed by atoms with Crippen LogP contribution < -0.4 is 10.6 Å². The molecule has 0 unspecified atom stereocenters. The van der Waals surface area contributed by atoms with Crippen molar-refractivity contribution in [1.82, 2.24) is 0 Å². The highest BCUT2D eigenvalue weighted by Gasteiger charge is 2.28. The standard InChI is InChI=1S/C21H15ClN2O/c22-15-11-12-17-18(13-15)24-21(25)19(17)20(14-7-3-1-4-8-14)23-16-9-5-2-6-10-16/h1-13,23H,(H,24,25). The quantitative estimate of drug-likeness (QED) is 0.634. The first kappa shape index (κ1) is 15.5. The van der Waals surface area contributed by atoms with Crippen molar-refractivity contribution in [3.8, 4) is 0 Å². The van der Waals surface area contributed by atoms with Crippen LogP contribution >= 0.6 is 11.6 Å². The molecule has 0 aromatic heterocycles. The highest BCUT2D eigenvalue weighted by atomic mass is 35.5. The van der Waals surface area contributed by atoms with E-state index in [0.29, 0.717) is 10.6 Å². The molecule has 0 bridgehead atoms. The maximum absolute atomic E-state index is 12.7. The molecule has 0 saturated carbocycles. The van der Waals surface area contributed by atoms with Crippen molar-refractivity contribution >= 4 is 40.2 Å². The molecule has 1 aliphatic rings. The summed E-state index contributed by atoms with van der Waals surface area (Å²) in [4.78, 5) is 12.7. The first-order valence-electron chi connectivity index (χ1n) is 7.95. The largest absolute Gasteiger partial charge is 0.354 e. The van der Waals surface area contributed by atoms with Gasteiger partial charge in [-0.3, -0.25) is 4.79 Å². The Kier molecular flexibility index (Phi) is 4.00. The smallest absolute Gasteiger partial charge is 0.258 e. The van der Waals surface area contributed by atoms with Crippen LogP contribution in [0.3, 0.4) is 0 Å². The first-order valence-corrected chi connectivity index (χ1v) is 8.33. The molecule has 25 heavy (non-hydrogen) atoms. The summed E-state index contributed by atoms with van der Waals surface area (Å²) in [5, 5.41) is 6.91. The molecule has 3 nitrogen and oxygen atoms in total. The fraction of sp³-hybridized carbons (Fsp3) is 0. The summed E-state index contributed by atoms with van der Waals surface area (Å²) in [6, 6.07) is 25.1. The van der Waals surface area contributed by atoms with Crippen LogP contribution in [0.15, 0.2) is 78.9 Å². The third-order valence-electron chi connectivity index (χ3n) is 4.08. The summed E-state index contributed by atoms with van der Waals surface area (Å²) in [5.74, 6) is -0.139. The number of carbonyl (C=O) groups is 1. The summed E-state index contributed by atoms with van der Waals surface area (Å²) in [6.45, 7) is 0. The molecule has 1 aliphatic heterocycles. The van der Waals surface area contributed by atoms with Crippen molar-refractivity contribution in [2.24, 2.45) is 0 Å². The van der Waals surface area contributed by atoms with Gasteiger partial charge in [-0.2, -0.15) is 0 Å². The highest BCUT2D eigenvalue weighted by Crippen LogP contribution is 2.38. The maximum Gasteiger partial charge on any atom is 0.258 e. The lowest BCUT2D eigenvalue weighted by Crippen LogP contribution is -2.10. The lowest BCUT2D eigenvalue weighted by molar-refractivity contribution is -0.110. The molecule has 0 atom stereocenters. The summed E-state index contributed by atoms with van der Waals surface area (Å²) < 4.78 is 0. The minimum atomic E-state index is -0.139. The van der Waals surface area contributed by atoms with E-state index in [1.807, 2.05) is 66.7 Å². The van der Waals surface area contributed by atoms with Gasteiger partial charge >= 0.3 is 0 Å². The van der Waals surface area contributed by atoms with Crippen LogP contribution in [0.25, 0.3) is 11.3 Å². The first-order chi connectivity index (χ1) is 12.2. The maximum atomic E-state index is 12.7. The summed E-state index contributed by atoms with van der Waals surface area (Å²) in [6.07, 6.45) is 0. The number of rotatable bonds is 3. The van der Waals surface area contributed by atoms with Gasteiger partial charge in [-0.15, -0.1) is 0 Å². The molecular weight excluding hydrogens is 332 g/mol. The Morgan fingerprint density at radius 1 is 0.880 bits per heavy atom. The highest BCUT2D eigenvalue weighted by molar-refractivity contribution is 6.38. The van der Waals surface area contributed by atoms with Gasteiger partial charge in [-0.1, -0.05) is 66.2 Å². The van der Waals surface area contributed by atoms with Crippen LogP contribution in [0.2, 0.25) is 5.02 Å².